The number of carbonyl (C=O) groups excluding carboxylic acids is 1. The molecule has 1 saturated heterocycles. The van der Waals surface area contributed by atoms with E-state index in [4.69, 9.17) is 4.52 Å². The normalized spacial score (nSPS) is 14.7. The summed E-state index contributed by atoms with van der Waals surface area (Å²) >= 11 is 3.04. The van der Waals surface area contributed by atoms with Crippen LogP contribution in [-0.4, -0.2) is 49.2 Å². The van der Waals surface area contributed by atoms with E-state index in [2.05, 4.69) is 31.4 Å². The summed E-state index contributed by atoms with van der Waals surface area (Å²) in [6, 6.07) is 11.9. The molecule has 39 heavy (non-hydrogen) atoms. The summed E-state index contributed by atoms with van der Waals surface area (Å²) < 4.78 is 35.7. The lowest BCUT2D eigenvalue weighted by Gasteiger charge is -2.31. The molecule has 2 aromatic heterocycles. The molecular weight excluding hydrogens is 572 g/mol. The molecule has 1 N–H and O–H groups in total. The first-order chi connectivity index (χ1) is 18.6. The lowest BCUT2D eigenvalue weighted by molar-refractivity contribution is -0.131. The van der Waals surface area contributed by atoms with Crippen LogP contribution in [0.15, 0.2) is 57.7 Å². The van der Waals surface area contributed by atoms with Crippen LogP contribution >= 0.6 is 15.9 Å². The van der Waals surface area contributed by atoms with Crippen LogP contribution in [0.2, 0.25) is 0 Å². The number of carbonyl (C=O) groups is 1. The molecule has 1 amide bonds. The van der Waals surface area contributed by atoms with E-state index in [0.29, 0.717) is 43.9 Å². The number of halogens is 3. The van der Waals surface area contributed by atoms with Crippen LogP contribution in [0.3, 0.4) is 0 Å². The molecule has 2 aromatic carbocycles. The summed E-state index contributed by atoms with van der Waals surface area (Å²) in [5.41, 5.74) is 1.94. The average molecular weight is 600 g/mol. The topological polar surface area (TPSA) is 97.3 Å². The van der Waals surface area contributed by atoms with Crippen molar-refractivity contribution in [3.05, 3.63) is 87.3 Å². The minimum atomic E-state index is -0.958. The Hall–Kier alpha value is -3.44. The van der Waals surface area contributed by atoms with Crippen molar-refractivity contribution in [3.8, 4) is 11.3 Å². The molecule has 5 rings (SSSR count). The number of aliphatic hydroxyl groups is 1. The van der Waals surface area contributed by atoms with Gasteiger partial charge in [0.1, 0.15) is 23.9 Å². The molecule has 0 spiro atoms. The number of amides is 1. The second kappa shape index (κ2) is 11.0. The molecular formula is C28H28BrF2N5O3. The van der Waals surface area contributed by atoms with Crippen LogP contribution in [0.25, 0.3) is 11.3 Å². The Kier molecular flexibility index (Phi) is 7.64. The van der Waals surface area contributed by atoms with Crippen molar-refractivity contribution >= 4 is 21.8 Å². The molecule has 0 radical (unpaired) electrons. The van der Waals surface area contributed by atoms with Crippen molar-refractivity contribution in [3.63, 3.8) is 0 Å². The zero-order chi connectivity index (χ0) is 27.7. The first kappa shape index (κ1) is 27.1. The Morgan fingerprint density at radius 2 is 1.95 bits per heavy atom. The van der Waals surface area contributed by atoms with E-state index in [9.17, 15) is 18.7 Å². The maximum atomic E-state index is 14.3. The van der Waals surface area contributed by atoms with Gasteiger partial charge in [-0.25, -0.2) is 13.5 Å². The van der Waals surface area contributed by atoms with E-state index in [0.717, 1.165) is 22.9 Å². The highest BCUT2D eigenvalue weighted by Crippen LogP contribution is 2.30. The predicted molar refractivity (Wildman–Crippen MR) is 143 cm³/mol. The summed E-state index contributed by atoms with van der Waals surface area (Å²) in [6.07, 6.45) is 2.84. The van der Waals surface area contributed by atoms with E-state index < -0.39 is 17.2 Å². The smallest absolute Gasteiger partial charge is 0.227 e. The third-order valence-electron chi connectivity index (χ3n) is 7.03. The average Bonchev–Trinajstić information content (AvgIpc) is 3.59. The van der Waals surface area contributed by atoms with Crippen LogP contribution in [0, 0.1) is 11.6 Å². The first-order valence-corrected chi connectivity index (χ1v) is 13.5. The van der Waals surface area contributed by atoms with Crippen molar-refractivity contribution in [2.75, 3.05) is 13.1 Å². The minimum Gasteiger partial charge on any atom is -0.386 e. The zero-order valence-corrected chi connectivity index (χ0v) is 23.2. The van der Waals surface area contributed by atoms with Crippen LogP contribution in [-0.2, 0) is 23.4 Å². The molecule has 204 valence electrons. The number of hydrogen-bond donors (Lipinski definition) is 1. The monoisotopic (exact) mass is 599 g/mol. The third kappa shape index (κ3) is 6.09. The molecule has 1 aliphatic heterocycles. The van der Waals surface area contributed by atoms with Crippen LogP contribution < -0.4 is 0 Å². The molecule has 0 bridgehead atoms. The van der Waals surface area contributed by atoms with Gasteiger partial charge in [-0.2, -0.15) is 0 Å². The highest BCUT2D eigenvalue weighted by molar-refractivity contribution is 9.10. The van der Waals surface area contributed by atoms with Gasteiger partial charge in [0.05, 0.1) is 28.4 Å². The lowest BCUT2D eigenvalue weighted by atomic mass is 9.93. The maximum Gasteiger partial charge on any atom is 0.227 e. The zero-order valence-electron chi connectivity index (χ0n) is 21.6. The Morgan fingerprint density at radius 1 is 1.18 bits per heavy atom. The van der Waals surface area contributed by atoms with Gasteiger partial charge >= 0.3 is 0 Å². The van der Waals surface area contributed by atoms with E-state index in [1.807, 2.05) is 36.5 Å². The van der Waals surface area contributed by atoms with Gasteiger partial charge in [-0.15, -0.1) is 5.10 Å². The Labute approximate surface area is 232 Å². The number of rotatable bonds is 7. The third-order valence-corrected chi connectivity index (χ3v) is 7.64. The molecule has 3 heterocycles. The molecule has 1 aliphatic rings. The second-order valence-electron chi connectivity index (χ2n) is 10.3. The second-order valence-corrected chi connectivity index (χ2v) is 11.2. The minimum absolute atomic E-state index is 0.113. The van der Waals surface area contributed by atoms with Gasteiger partial charge < -0.3 is 14.5 Å². The number of nitrogens with zero attached hydrogens (tertiary/aromatic N) is 5. The quantitative estimate of drug-likeness (QED) is 0.293. The van der Waals surface area contributed by atoms with Gasteiger partial charge in [-0.3, -0.25) is 4.79 Å². The molecule has 0 atom stereocenters. The van der Waals surface area contributed by atoms with E-state index in [-0.39, 0.29) is 28.3 Å². The first-order valence-electron chi connectivity index (χ1n) is 12.7. The van der Waals surface area contributed by atoms with Crippen molar-refractivity contribution in [1.29, 1.82) is 0 Å². The number of aromatic nitrogens is 4. The standard InChI is InChI=1S/C28H28BrF2N5O3/c1-28(2,38)19-5-3-4-18(12-19)25-16-36(34-32-25)15-20-13-24(33-39-20)17-8-10-35(11-9-17)26(37)14-21-23(30)7-6-22(29)27(21)31/h3-7,12-13,16-17,38H,8-11,14-15H2,1-2H3. The highest BCUT2D eigenvalue weighted by Gasteiger charge is 2.27. The van der Waals surface area contributed by atoms with Gasteiger partial charge in [0.15, 0.2) is 5.76 Å². The Bertz CT molecular complexity index is 1490. The van der Waals surface area contributed by atoms with E-state index in [1.165, 1.54) is 6.07 Å². The lowest BCUT2D eigenvalue weighted by Crippen LogP contribution is -2.39. The molecule has 1 fully saturated rings. The Balaban J connectivity index is 1.17. The van der Waals surface area contributed by atoms with Gasteiger partial charge in [0.2, 0.25) is 5.91 Å². The summed E-state index contributed by atoms with van der Waals surface area (Å²) in [4.78, 5) is 14.4. The van der Waals surface area contributed by atoms with Crippen LogP contribution in [0.4, 0.5) is 8.78 Å². The molecule has 0 unspecified atom stereocenters. The summed E-state index contributed by atoms with van der Waals surface area (Å²) in [5, 5.41) is 23.0. The van der Waals surface area contributed by atoms with E-state index in [1.54, 1.807) is 23.4 Å². The molecule has 11 heteroatoms. The van der Waals surface area contributed by atoms with Gasteiger partial charge in [-0.05, 0) is 66.4 Å². The van der Waals surface area contributed by atoms with Gasteiger partial charge in [0, 0.05) is 36.2 Å². The number of piperidine rings is 1. The highest BCUT2D eigenvalue weighted by atomic mass is 79.9. The maximum absolute atomic E-state index is 14.3. The SMILES string of the molecule is CC(C)(O)c1cccc(-c2cn(Cc3cc(C4CCN(C(=O)Cc5c(F)ccc(Br)c5F)CC4)no3)nn2)c1. The number of hydrogen-bond acceptors (Lipinski definition) is 6. The number of benzene rings is 2. The molecule has 4 aromatic rings. The molecule has 0 aliphatic carbocycles. The van der Waals surface area contributed by atoms with Crippen molar-refractivity contribution in [2.45, 2.75) is 51.2 Å². The van der Waals surface area contributed by atoms with Crippen molar-refractivity contribution < 1.29 is 23.2 Å². The van der Waals surface area contributed by atoms with Crippen molar-refractivity contribution in [1.82, 2.24) is 25.1 Å². The van der Waals surface area contributed by atoms with Crippen molar-refractivity contribution in [2.24, 2.45) is 0 Å². The predicted octanol–water partition coefficient (Wildman–Crippen LogP) is 5.20. The van der Waals surface area contributed by atoms with E-state index >= 15 is 0 Å². The summed E-state index contributed by atoms with van der Waals surface area (Å²) in [5.74, 6) is -1.03. The largest absolute Gasteiger partial charge is 0.386 e. The fraction of sp³-hybridized carbons (Fsp3) is 0.357. The van der Waals surface area contributed by atoms with Gasteiger partial charge in [-0.1, -0.05) is 28.6 Å². The molecule has 8 nitrogen and oxygen atoms in total. The molecule has 0 saturated carbocycles. The van der Waals surface area contributed by atoms with Gasteiger partial charge in [0.25, 0.3) is 0 Å². The van der Waals surface area contributed by atoms with Crippen LogP contribution in [0.1, 0.15) is 55.2 Å². The number of likely N-dealkylation sites (tertiary alicyclic amines) is 1. The summed E-state index contributed by atoms with van der Waals surface area (Å²) in [6.45, 7) is 4.77. The fourth-order valence-corrected chi connectivity index (χ4v) is 5.11. The summed E-state index contributed by atoms with van der Waals surface area (Å²) in [7, 11) is 0. The van der Waals surface area contributed by atoms with Crippen LogP contribution in [0.5, 0.6) is 0 Å². The fourth-order valence-electron chi connectivity index (χ4n) is 4.74. The Morgan fingerprint density at radius 3 is 2.69 bits per heavy atom.